The molecule has 2 aromatic rings. The molecule has 106 valence electrons. The third kappa shape index (κ3) is 3.79. The number of benzene rings is 1. The summed E-state index contributed by atoms with van der Waals surface area (Å²) in [7, 11) is 2.07. The molecule has 3 nitrogen and oxygen atoms in total. The van der Waals surface area contributed by atoms with Crippen LogP contribution in [0.4, 0.5) is 0 Å². The number of aromatic nitrogens is 1. The third-order valence-corrected chi connectivity index (χ3v) is 3.81. The van der Waals surface area contributed by atoms with Crippen LogP contribution < -0.4 is 5.73 Å². The van der Waals surface area contributed by atoms with Crippen molar-refractivity contribution in [1.82, 2.24) is 9.88 Å². The Morgan fingerprint density at radius 2 is 1.95 bits per heavy atom. The van der Waals surface area contributed by atoms with E-state index in [1.165, 1.54) is 0 Å². The van der Waals surface area contributed by atoms with Gasteiger partial charge >= 0.3 is 0 Å². The molecule has 0 fully saturated rings. The van der Waals surface area contributed by atoms with E-state index in [-0.39, 0.29) is 6.04 Å². The van der Waals surface area contributed by atoms with Crippen LogP contribution in [0.25, 0.3) is 0 Å². The number of rotatable bonds is 6. The van der Waals surface area contributed by atoms with Crippen molar-refractivity contribution in [2.75, 3.05) is 20.1 Å². The minimum atomic E-state index is 0.132. The number of hydrogen-bond donors (Lipinski definition) is 1. The molecule has 0 radical (unpaired) electrons. The maximum Gasteiger partial charge on any atom is 0.0482 e. The van der Waals surface area contributed by atoms with Gasteiger partial charge in [0.15, 0.2) is 0 Å². The highest BCUT2D eigenvalue weighted by Crippen LogP contribution is 2.25. The lowest BCUT2D eigenvalue weighted by Crippen LogP contribution is -2.32. The highest BCUT2D eigenvalue weighted by atomic mass is 35.5. The summed E-state index contributed by atoms with van der Waals surface area (Å²) in [5.74, 6) is 0. The molecular weight excluding hydrogens is 270 g/mol. The first-order valence-corrected chi connectivity index (χ1v) is 7.15. The zero-order valence-corrected chi connectivity index (χ0v) is 12.4. The molecule has 0 spiro atoms. The van der Waals surface area contributed by atoms with E-state index in [4.69, 9.17) is 17.3 Å². The molecule has 1 aromatic heterocycles. The zero-order chi connectivity index (χ0) is 14.4. The van der Waals surface area contributed by atoms with Crippen molar-refractivity contribution >= 4 is 11.6 Å². The quantitative estimate of drug-likeness (QED) is 0.889. The summed E-state index contributed by atoms with van der Waals surface area (Å²) in [6, 6.07) is 14.0. The second kappa shape index (κ2) is 7.39. The maximum absolute atomic E-state index is 6.26. The zero-order valence-electron chi connectivity index (χ0n) is 11.7. The van der Waals surface area contributed by atoms with Crippen molar-refractivity contribution in [3.8, 4) is 0 Å². The van der Waals surface area contributed by atoms with E-state index in [0.717, 1.165) is 29.2 Å². The van der Waals surface area contributed by atoms with Crippen LogP contribution in [0.15, 0.2) is 48.7 Å². The first-order chi connectivity index (χ1) is 9.72. The standard InChI is InChI=1S/C16H20ClN3/c1-20(11-9-13-6-4-5-10-19-13)16(12-18)14-7-2-3-8-15(14)17/h2-8,10,16H,9,11-12,18H2,1H3. The monoisotopic (exact) mass is 289 g/mol. The molecule has 1 atom stereocenters. The lowest BCUT2D eigenvalue weighted by molar-refractivity contribution is 0.252. The van der Waals surface area contributed by atoms with Crippen LogP contribution in [-0.2, 0) is 6.42 Å². The molecular formula is C16H20ClN3. The molecule has 1 aromatic carbocycles. The van der Waals surface area contributed by atoms with Crippen molar-refractivity contribution in [2.45, 2.75) is 12.5 Å². The Kier molecular flexibility index (Phi) is 5.53. The molecule has 20 heavy (non-hydrogen) atoms. The molecule has 0 aliphatic heterocycles. The molecule has 0 aliphatic carbocycles. The summed E-state index contributed by atoms with van der Waals surface area (Å²) in [6.07, 6.45) is 2.72. The Morgan fingerprint density at radius 1 is 1.20 bits per heavy atom. The van der Waals surface area contributed by atoms with E-state index in [1.807, 2.05) is 48.7 Å². The van der Waals surface area contributed by atoms with Gasteiger partial charge in [-0.25, -0.2) is 0 Å². The average molecular weight is 290 g/mol. The van der Waals surface area contributed by atoms with Gasteiger partial charge < -0.3 is 5.73 Å². The van der Waals surface area contributed by atoms with Crippen LogP contribution >= 0.6 is 11.6 Å². The van der Waals surface area contributed by atoms with Crippen LogP contribution in [-0.4, -0.2) is 30.0 Å². The van der Waals surface area contributed by atoms with E-state index >= 15 is 0 Å². The van der Waals surface area contributed by atoms with Gasteiger partial charge in [0.1, 0.15) is 0 Å². The number of nitrogens with zero attached hydrogens (tertiary/aromatic N) is 2. The second-order valence-electron chi connectivity index (χ2n) is 4.82. The highest BCUT2D eigenvalue weighted by molar-refractivity contribution is 6.31. The Balaban J connectivity index is 2.03. The van der Waals surface area contributed by atoms with Crippen LogP contribution in [0.1, 0.15) is 17.3 Å². The van der Waals surface area contributed by atoms with Crippen LogP contribution in [0.2, 0.25) is 5.02 Å². The van der Waals surface area contributed by atoms with Gasteiger partial charge in [-0.15, -0.1) is 0 Å². The van der Waals surface area contributed by atoms with Crippen LogP contribution in [0.3, 0.4) is 0 Å². The maximum atomic E-state index is 6.26. The fourth-order valence-corrected chi connectivity index (χ4v) is 2.54. The molecule has 0 aliphatic rings. The fourth-order valence-electron chi connectivity index (χ4n) is 2.28. The number of nitrogens with two attached hydrogens (primary N) is 1. The highest BCUT2D eigenvalue weighted by Gasteiger charge is 2.17. The predicted molar refractivity (Wildman–Crippen MR) is 83.8 cm³/mol. The lowest BCUT2D eigenvalue weighted by atomic mass is 10.1. The van der Waals surface area contributed by atoms with E-state index in [2.05, 4.69) is 16.9 Å². The number of hydrogen-bond acceptors (Lipinski definition) is 3. The van der Waals surface area contributed by atoms with Crippen molar-refractivity contribution < 1.29 is 0 Å². The topological polar surface area (TPSA) is 42.2 Å². The third-order valence-electron chi connectivity index (χ3n) is 3.47. The summed E-state index contributed by atoms with van der Waals surface area (Å²) in [4.78, 5) is 6.57. The van der Waals surface area contributed by atoms with Crippen LogP contribution in [0, 0.1) is 0 Å². The number of likely N-dealkylation sites (N-methyl/N-ethyl adjacent to an activating group) is 1. The molecule has 2 rings (SSSR count). The van der Waals surface area contributed by atoms with Gasteiger partial charge in [-0.05, 0) is 30.8 Å². The van der Waals surface area contributed by atoms with Gasteiger partial charge in [0, 0.05) is 42.5 Å². The summed E-state index contributed by atoms with van der Waals surface area (Å²) in [5.41, 5.74) is 8.10. The van der Waals surface area contributed by atoms with Crippen molar-refractivity contribution in [3.63, 3.8) is 0 Å². The van der Waals surface area contributed by atoms with Gasteiger partial charge in [-0.2, -0.15) is 0 Å². The normalized spacial score (nSPS) is 12.6. The van der Waals surface area contributed by atoms with Crippen molar-refractivity contribution in [2.24, 2.45) is 5.73 Å². The lowest BCUT2D eigenvalue weighted by Gasteiger charge is -2.28. The van der Waals surface area contributed by atoms with E-state index in [9.17, 15) is 0 Å². The predicted octanol–water partition coefficient (Wildman–Crippen LogP) is 2.91. The molecule has 4 heteroatoms. The number of pyridine rings is 1. The summed E-state index contributed by atoms with van der Waals surface area (Å²) >= 11 is 6.26. The summed E-state index contributed by atoms with van der Waals surface area (Å²) < 4.78 is 0. The molecule has 0 amide bonds. The molecule has 1 unspecified atom stereocenters. The first kappa shape index (κ1) is 15.0. The van der Waals surface area contributed by atoms with Gasteiger partial charge in [-0.3, -0.25) is 9.88 Å². The van der Waals surface area contributed by atoms with E-state index in [0.29, 0.717) is 6.54 Å². The SMILES string of the molecule is CN(CCc1ccccn1)C(CN)c1ccccc1Cl. The Bertz CT molecular complexity index is 530. The Hall–Kier alpha value is -1.42. The van der Waals surface area contributed by atoms with E-state index in [1.54, 1.807) is 0 Å². The minimum Gasteiger partial charge on any atom is -0.329 e. The van der Waals surface area contributed by atoms with Crippen LogP contribution in [0.5, 0.6) is 0 Å². The molecule has 0 saturated heterocycles. The minimum absolute atomic E-state index is 0.132. The van der Waals surface area contributed by atoms with E-state index < -0.39 is 0 Å². The van der Waals surface area contributed by atoms with Gasteiger partial charge in [0.05, 0.1) is 0 Å². The Morgan fingerprint density at radius 3 is 2.60 bits per heavy atom. The van der Waals surface area contributed by atoms with Crippen molar-refractivity contribution in [1.29, 1.82) is 0 Å². The average Bonchev–Trinajstić information content (AvgIpc) is 2.49. The van der Waals surface area contributed by atoms with Crippen molar-refractivity contribution in [3.05, 3.63) is 64.9 Å². The van der Waals surface area contributed by atoms with Gasteiger partial charge in [0.2, 0.25) is 0 Å². The first-order valence-electron chi connectivity index (χ1n) is 6.77. The number of halogens is 1. The largest absolute Gasteiger partial charge is 0.329 e. The summed E-state index contributed by atoms with van der Waals surface area (Å²) in [5, 5.41) is 0.771. The molecule has 0 saturated carbocycles. The smallest absolute Gasteiger partial charge is 0.0482 e. The van der Waals surface area contributed by atoms with Gasteiger partial charge in [0.25, 0.3) is 0 Å². The molecule has 2 N–H and O–H groups in total. The molecule has 0 bridgehead atoms. The fraction of sp³-hybridized carbons (Fsp3) is 0.312. The summed E-state index contributed by atoms with van der Waals surface area (Å²) in [6.45, 7) is 1.44. The van der Waals surface area contributed by atoms with Gasteiger partial charge in [-0.1, -0.05) is 35.9 Å². The Labute approximate surface area is 125 Å². The second-order valence-corrected chi connectivity index (χ2v) is 5.23. The molecule has 1 heterocycles.